The Bertz CT molecular complexity index is 1360. The Morgan fingerprint density at radius 1 is 1.16 bits per heavy atom. The molecule has 0 spiro atoms. The molecule has 0 radical (unpaired) electrons. The second-order valence-corrected chi connectivity index (χ2v) is 14.9. The summed E-state index contributed by atoms with van der Waals surface area (Å²) in [6, 6.07) is 20.2. The maximum atomic E-state index is 12.2. The number of nitrogens with one attached hydrogen (secondary N) is 1. The van der Waals surface area contributed by atoms with Gasteiger partial charge in [0.25, 0.3) is 13.9 Å². The fourth-order valence-corrected chi connectivity index (χ4v) is 9.96. The molecule has 0 aliphatic carbocycles. The van der Waals surface area contributed by atoms with Crippen LogP contribution in [-0.2, 0) is 9.16 Å². The van der Waals surface area contributed by atoms with E-state index in [1.54, 1.807) is 17.7 Å². The van der Waals surface area contributed by atoms with E-state index in [0.29, 0.717) is 13.0 Å². The monoisotopic (exact) mass is 551 g/mol. The van der Waals surface area contributed by atoms with Crippen molar-refractivity contribution in [1.82, 2.24) is 9.55 Å². The van der Waals surface area contributed by atoms with Gasteiger partial charge in [0.15, 0.2) is 4.77 Å². The van der Waals surface area contributed by atoms with E-state index in [1.165, 1.54) is 0 Å². The predicted molar refractivity (Wildman–Crippen MR) is 152 cm³/mol. The van der Waals surface area contributed by atoms with Crippen LogP contribution in [0.25, 0.3) is 10.4 Å². The molecule has 38 heavy (non-hydrogen) atoms. The standard InChI is InChI=1S/C27H33N5O4SSi/c1-5-34-22-17-32(26(37)29-25(22)33)24-16-21(30-31-28)23(36-24)18-35-38(27(2,3)4,19-12-8-6-9-13-19)20-14-10-7-11-15-20/h6-15,17,21,23-24H,5,16,18H2,1-4H3,(H,29,33,37)/t21-,23+,24-/m0/s1. The Morgan fingerprint density at radius 3 is 2.29 bits per heavy atom. The zero-order valence-electron chi connectivity index (χ0n) is 22.0. The van der Waals surface area contributed by atoms with Crippen LogP contribution in [0.4, 0.5) is 0 Å². The largest absolute Gasteiger partial charge is 0.487 e. The zero-order valence-corrected chi connectivity index (χ0v) is 23.9. The van der Waals surface area contributed by atoms with Crippen LogP contribution in [0.2, 0.25) is 5.04 Å². The van der Waals surface area contributed by atoms with Crippen molar-refractivity contribution in [3.63, 3.8) is 0 Å². The minimum absolute atomic E-state index is 0.150. The molecule has 0 amide bonds. The van der Waals surface area contributed by atoms with Crippen molar-refractivity contribution in [1.29, 1.82) is 0 Å². The summed E-state index contributed by atoms with van der Waals surface area (Å²) in [7, 11) is -2.82. The maximum absolute atomic E-state index is 12.2. The Balaban J connectivity index is 1.70. The van der Waals surface area contributed by atoms with Gasteiger partial charge in [-0.05, 0) is 40.1 Å². The highest BCUT2D eigenvalue weighted by molar-refractivity contribution is 7.71. The van der Waals surface area contributed by atoms with Gasteiger partial charge in [-0.2, -0.15) is 0 Å². The van der Waals surface area contributed by atoms with E-state index in [4.69, 9.17) is 26.1 Å². The third-order valence-corrected chi connectivity index (χ3v) is 12.1. The Kier molecular flexibility index (Phi) is 8.54. The number of H-pyrrole nitrogens is 1. The van der Waals surface area contributed by atoms with Gasteiger partial charge in [0.2, 0.25) is 5.75 Å². The Hall–Kier alpha value is -3.21. The van der Waals surface area contributed by atoms with Gasteiger partial charge in [0.1, 0.15) is 6.23 Å². The van der Waals surface area contributed by atoms with E-state index >= 15 is 0 Å². The van der Waals surface area contributed by atoms with E-state index in [2.05, 4.69) is 60.0 Å². The van der Waals surface area contributed by atoms with Crippen LogP contribution in [0.3, 0.4) is 0 Å². The van der Waals surface area contributed by atoms with E-state index in [9.17, 15) is 10.3 Å². The molecule has 1 aliphatic rings. The molecule has 4 rings (SSSR count). The molecule has 1 fully saturated rings. The van der Waals surface area contributed by atoms with Crippen molar-refractivity contribution >= 4 is 30.9 Å². The molecule has 1 N–H and O–H groups in total. The molecular weight excluding hydrogens is 518 g/mol. The molecule has 0 saturated carbocycles. The number of ether oxygens (including phenoxy) is 2. The molecule has 3 atom stereocenters. The second-order valence-electron chi connectivity index (χ2n) is 10.2. The zero-order chi connectivity index (χ0) is 27.3. The lowest BCUT2D eigenvalue weighted by Gasteiger charge is -2.43. The molecule has 0 unspecified atom stereocenters. The van der Waals surface area contributed by atoms with Gasteiger partial charge < -0.3 is 13.9 Å². The highest BCUT2D eigenvalue weighted by atomic mass is 32.1. The number of azide groups is 1. The first-order valence-corrected chi connectivity index (χ1v) is 15.0. The number of benzene rings is 2. The molecule has 1 saturated heterocycles. The van der Waals surface area contributed by atoms with E-state index in [1.807, 2.05) is 36.4 Å². The van der Waals surface area contributed by atoms with Gasteiger partial charge in [-0.1, -0.05) is 86.5 Å². The second kappa shape index (κ2) is 11.7. The van der Waals surface area contributed by atoms with Crippen LogP contribution in [0, 0.1) is 4.77 Å². The average Bonchev–Trinajstić information content (AvgIpc) is 3.29. The third kappa shape index (κ3) is 5.47. The van der Waals surface area contributed by atoms with Crippen LogP contribution < -0.4 is 20.7 Å². The number of aromatic amines is 1. The molecule has 200 valence electrons. The maximum Gasteiger partial charge on any atom is 0.294 e. The number of rotatable bonds is 9. The minimum Gasteiger partial charge on any atom is -0.487 e. The van der Waals surface area contributed by atoms with Crippen LogP contribution in [0.1, 0.15) is 40.3 Å². The molecule has 1 aliphatic heterocycles. The van der Waals surface area contributed by atoms with Gasteiger partial charge >= 0.3 is 0 Å². The normalized spacial score (nSPS) is 19.6. The summed E-state index contributed by atoms with van der Waals surface area (Å²) in [6.07, 6.45) is 0.863. The summed E-state index contributed by atoms with van der Waals surface area (Å²) in [5, 5.41) is 6.12. The fraction of sp³-hybridized carbons (Fsp3) is 0.407. The van der Waals surface area contributed by atoms with Crippen molar-refractivity contribution in [2.24, 2.45) is 5.11 Å². The van der Waals surface area contributed by atoms with Crippen LogP contribution >= 0.6 is 12.2 Å². The molecule has 9 nitrogen and oxygen atoms in total. The number of nitrogens with zero attached hydrogens (tertiary/aromatic N) is 4. The topological polar surface area (TPSA) is 114 Å². The van der Waals surface area contributed by atoms with Crippen molar-refractivity contribution in [3.8, 4) is 5.75 Å². The SMILES string of the molecule is CCOc1cn([C@@H]2C[C@H](N=[N+]=[N-])[C@@H](CO[Si](c3ccccc3)(c3ccccc3)C(C)(C)C)O2)c(=S)[nH]c1=O. The summed E-state index contributed by atoms with van der Waals surface area (Å²) in [6.45, 7) is 8.98. The fourth-order valence-electron chi connectivity index (χ4n) is 5.13. The van der Waals surface area contributed by atoms with E-state index in [0.717, 1.165) is 10.4 Å². The van der Waals surface area contributed by atoms with E-state index in [-0.39, 0.29) is 22.2 Å². The smallest absolute Gasteiger partial charge is 0.294 e. The van der Waals surface area contributed by atoms with Crippen molar-refractivity contribution < 1.29 is 13.9 Å². The first-order chi connectivity index (χ1) is 18.2. The number of hydrogen-bond donors (Lipinski definition) is 1. The van der Waals surface area contributed by atoms with Gasteiger partial charge in [0.05, 0.1) is 31.6 Å². The lowest BCUT2D eigenvalue weighted by Crippen LogP contribution is -2.67. The van der Waals surface area contributed by atoms with Gasteiger partial charge in [-0.3, -0.25) is 14.3 Å². The third-order valence-electron chi connectivity index (χ3n) is 6.83. The first-order valence-electron chi connectivity index (χ1n) is 12.6. The first kappa shape index (κ1) is 27.8. The number of hydrogen-bond acceptors (Lipinski definition) is 6. The van der Waals surface area contributed by atoms with Crippen molar-refractivity contribution in [3.05, 3.63) is 92.4 Å². The highest BCUT2D eigenvalue weighted by Gasteiger charge is 2.51. The summed E-state index contributed by atoms with van der Waals surface area (Å²) < 4.78 is 20.7. The highest BCUT2D eigenvalue weighted by Crippen LogP contribution is 2.38. The molecular formula is C27H33N5O4SSi. The molecule has 2 aromatic carbocycles. The Morgan fingerprint density at radius 2 is 1.76 bits per heavy atom. The summed E-state index contributed by atoms with van der Waals surface area (Å²) in [4.78, 5) is 17.9. The van der Waals surface area contributed by atoms with Gasteiger partial charge in [-0.15, -0.1) is 0 Å². The van der Waals surface area contributed by atoms with Gasteiger partial charge in [-0.25, -0.2) is 0 Å². The van der Waals surface area contributed by atoms with Crippen molar-refractivity contribution in [2.45, 2.75) is 57.5 Å². The van der Waals surface area contributed by atoms with Crippen molar-refractivity contribution in [2.75, 3.05) is 13.2 Å². The predicted octanol–water partition coefficient (Wildman–Crippen LogP) is 4.85. The summed E-state index contributed by atoms with van der Waals surface area (Å²) >= 11 is 5.41. The van der Waals surface area contributed by atoms with Crippen LogP contribution in [0.5, 0.6) is 5.75 Å². The Labute approximate surface area is 228 Å². The van der Waals surface area contributed by atoms with Crippen LogP contribution in [0.15, 0.2) is 76.8 Å². The molecule has 2 heterocycles. The molecule has 3 aromatic rings. The number of aromatic nitrogens is 2. The quantitative estimate of drug-likeness (QED) is 0.134. The molecule has 0 bridgehead atoms. The lowest BCUT2D eigenvalue weighted by molar-refractivity contribution is -0.0234. The lowest BCUT2D eigenvalue weighted by atomic mass is 10.1. The molecule has 11 heteroatoms. The van der Waals surface area contributed by atoms with E-state index < -0.39 is 32.3 Å². The van der Waals surface area contributed by atoms with Crippen LogP contribution in [-0.4, -0.2) is 43.2 Å². The summed E-state index contributed by atoms with van der Waals surface area (Å²) in [5.74, 6) is 0.150. The van der Waals surface area contributed by atoms with Gasteiger partial charge in [0, 0.05) is 11.3 Å². The molecule has 1 aromatic heterocycles. The average molecular weight is 552 g/mol. The minimum atomic E-state index is -2.82. The summed E-state index contributed by atoms with van der Waals surface area (Å²) in [5.41, 5.74) is 8.90.